The molecule has 1 aromatic carbocycles. The average Bonchev–Trinajstić information content (AvgIpc) is 2.75. The van der Waals surface area contributed by atoms with Gasteiger partial charge in [-0.3, -0.25) is 9.89 Å². The van der Waals surface area contributed by atoms with E-state index >= 15 is 0 Å². The monoisotopic (exact) mass is 291 g/mol. The predicted octanol–water partition coefficient (Wildman–Crippen LogP) is 0.906. The molecular weight excluding hydrogens is 277 g/mol. The van der Waals surface area contributed by atoms with Gasteiger partial charge in [-0.05, 0) is 13.0 Å². The molecular formula is C14H14FN3O3. The van der Waals surface area contributed by atoms with Crippen LogP contribution in [0.2, 0.25) is 0 Å². The molecule has 0 unspecified atom stereocenters. The molecule has 0 aliphatic carbocycles. The van der Waals surface area contributed by atoms with Crippen LogP contribution in [0, 0.1) is 12.7 Å². The zero-order valence-electron chi connectivity index (χ0n) is 11.3. The lowest BCUT2D eigenvalue weighted by atomic mass is 9.85. The van der Waals surface area contributed by atoms with Crippen LogP contribution in [0.1, 0.15) is 21.7 Å². The molecule has 110 valence electrons. The number of carbonyl (C=O) groups is 1. The number of aromatic hydroxyl groups is 1. The van der Waals surface area contributed by atoms with Gasteiger partial charge < -0.3 is 15.1 Å². The number of rotatable bonds is 2. The van der Waals surface area contributed by atoms with E-state index in [0.29, 0.717) is 5.69 Å². The molecule has 0 saturated carbocycles. The first kappa shape index (κ1) is 13.6. The lowest BCUT2D eigenvalue weighted by molar-refractivity contribution is -0.0886. The van der Waals surface area contributed by atoms with Crippen molar-refractivity contribution in [3.05, 3.63) is 47.0 Å². The smallest absolute Gasteiger partial charge is 0.275 e. The van der Waals surface area contributed by atoms with E-state index < -0.39 is 17.3 Å². The quantitative estimate of drug-likeness (QED) is 0.767. The maximum absolute atomic E-state index is 13.7. The summed E-state index contributed by atoms with van der Waals surface area (Å²) in [6.45, 7) is 1.49. The molecule has 6 nitrogen and oxygen atoms in total. The minimum Gasteiger partial charge on any atom is -0.504 e. The summed E-state index contributed by atoms with van der Waals surface area (Å²) in [6, 6.07) is 5.93. The van der Waals surface area contributed by atoms with Crippen molar-refractivity contribution in [3.8, 4) is 5.75 Å². The molecule has 1 aromatic heterocycles. The number of benzene rings is 1. The van der Waals surface area contributed by atoms with Crippen LogP contribution >= 0.6 is 0 Å². The molecule has 21 heavy (non-hydrogen) atoms. The second-order valence-electron chi connectivity index (χ2n) is 5.21. The molecule has 3 rings (SSSR count). The fourth-order valence-corrected chi connectivity index (χ4v) is 2.47. The number of hydrogen-bond acceptors (Lipinski definition) is 4. The molecule has 1 amide bonds. The number of aromatic amines is 1. The van der Waals surface area contributed by atoms with Gasteiger partial charge in [0.25, 0.3) is 5.91 Å². The highest BCUT2D eigenvalue weighted by Gasteiger charge is 2.47. The number of likely N-dealkylation sites (tertiary alicyclic amines) is 1. The van der Waals surface area contributed by atoms with Crippen LogP contribution in [0.3, 0.4) is 0 Å². The zero-order chi connectivity index (χ0) is 15.2. The van der Waals surface area contributed by atoms with Gasteiger partial charge in [-0.15, -0.1) is 0 Å². The first-order valence-electron chi connectivity index (χ1n) is 6.43. The summed E-state index contributed by atoms with van der Waals surface area (Å²) in [4.78, 5) is 13.5. The Morgan fingerprint density at radius 1 is 1.43 bits per heavy atom. The van der Waals surface area contributed by atoms with Gasteiger partial charge in [0.15, 0.2) is 11.4 Å². The van der Waals surface area contributed by atoms with Gasteiger partial charge in [0.2, 0.25) is 0 Å². The summed E-state index contributed by atoms with van der Waals surface area (Å²) in [6.07, 6.45) is 0. The Bertz CT molecular complexity index is 707. The molecule has 3 N–H and O–H groups in total. The van der Waals surface area contributed by atoms with Crippen LogP contribution in [0.4, 0.5) is 4.39 Å². The van der Waals surface area contributed by atoms with E-state index in [2.05, 4.69) is 10.2 Å². The molecule has 0 bridgehead atoms. The van der Waals surface area contributed by atoms with Gasteiger partial charge in [0.05, 0.1) is 13.1 Å². The van der Waals surface area contributed by atoms with E-state index in [4.69, 9.17) is 0 Å². The lowest BCUT2D eigenvalue weighted by Crippen LogP contribution is -2.61. The molecule has 1 saturated heterocycles. The molecule has 0 radical (unpaired) electrons. The van der Waals surface area contributed by atoms with Crippen molar-refractivity contribution >= 4 is 5.91 Å². The van der Waals surface area contributed by atoms with Crippen LogP contribution in [0.15, 0.2) is 24.3 Å². The Labute approximate surface area is 119 Å². The third-order valence-corrected chi connectivity index (χ3v) is 3.70. The van der Waals surface area contributed by atoms with Crippen molar-refractivity contribution in [1.29, 1.82) is 0 Å². The summed E-state index contributed by atoms with van der Waals surface area (Å²) in [5.41, 5.74) is -0.934. The summed E-state index contributed by atoms with van der Waals surface area (Å²) < 4.78 is 13.7. The number of carbonyl (C=O) groups excluding carboxylic acids is 1. The molecule has 1 aliphatic rings. The first-order valence-corrected chi connectivity index (χ1v) is 6.43. The number of nitrogens with zero attached hydrogens (tertiary/aromatic N) is 2. The summed E-state index contributed by atoms with van der Waals surface area (Å²) in [7, 11) is 0. The minimum atomic E-state index is -1.40. The van der Waals surface area contributed by atoms with Gasteiger partial charge in [0.1, 0.15) is 17.1 Å². The number of β-amino-alcohol motifs (C(OH)–C–C–N with tert-alkyl or cyclic N) is 1. The van der Waals surface area contributed by atoms with E-state index in [9.17, 15) is 19.4 Å². The van der Waals surface area contributed by atoms with Crippen LogP contribution in [-0.2, 0) is 5.60 Å². The van der Waals surface area contributed by atoms with Crippen molar-refractivity contribution in [3.63, 3.8) is 0 Å². The normalized spacial score (nSPS) is 16.6. The Kier molecular flexibility index (Phi) is 2.94. The Morgan fingerprint density at radius 3 is 2.67 bits per heavy atom. The largest absolute Gasteiger partial charge is 0.504 e. The summed E-state index contributed by atoms with van der Waals surface area (Å²) in [5, 5.41) is 26.3. The number of aliphatic hydroxyl groups is 1. The molecule has 0 spiro atoms. The summed E-state index contributed by atoms with van der Waals surface area (Å²) in [5.74, 6) is -1.19. The van der Waals surface area contributed by atoms with Gasteiger partial charge in [-0.25, -0.2) is 4.39 Å². The van der Waals surface area contributed by atoms with Crippen molar-refractivity contribution in [2.24, 2.45) is 0 Å². The van der Waals surface area contributed by atoms with Crippen molar-refractivity contribution in [2.75, 3.05) is 13.1 Å². The minimum absolute atomic E-state index is 0.0249. The summed E-state index contributed by atoms with van der Waals surface area (Å²) >= 11 is 0. The third-order valence-electron chi connectivity index (χ3n) is 3.70. The average molecular weight is 291 g/mol. The van der Waals surface area contributed by atoms with Crippen LogP contribution in [-0.4, -0.2) is 44.3 Å². The van der Waals surface area contributed by atoms with Gasteiger partial charge in [0, 0.05) is 5.56 Å². The standard InChI is InChI=1S/C14H14FN3O3/c1-8-12(19)11(17-16-8)13(20)18-6-14(21,7-18)9-4-2-3-5-10(9)15/h2-5,19,21H,6-7H2,1H3,(H,16,17). The zero-order valence-corrected chi connectivity index (χ0v) is 11.3. The molecule has 7 heteroatoms. The van der Waals surface area contributed by atoms with E-state index in [0.717, 1.165) is 0 Å². The SMILES string of the molecule is Cc1n[nH]c(C(=O)N2CC(O)(c3ccccc3F)C2)c1O. The highest BCUT2D eigenvalue weighted by molar-refractivity contribution is 5.95. The molecule has 1 aliphatic heterocycles. The van der Waals surface area contributed by atoms with Crippen molar-refractivity contribution < 1.29 is 19.4 Å². The van der Waals surface area contributed by atoms with Crippen molar-refractivity contribution in [1.82, 2.24) is 15.1 Å². The maximum Gasteiger partial charge on any atom is 0.275 e. The van der Waals surface area contributed by atoms with Gasteiger partial charge in [-0.1, -0.05) is 18.2 Å². The van der Waals surface area contributed by atoms with E-state index in [1.54, 1.807) is 13.0 Å². The molecule has 0 atom stereocenters. The van der Waals surface area contributed by atoms with Crippen molar-refractivity contribution in [2.45, 2.75) is 12.5 Å². The number of hydrogen-bond donors (Lipinski definition) is 3. The first-order chi connectivity index (χ1) is 9.92. The maximum atomic E-state index is 13.7. The lowest BCUT2D eigenvalue weighted by Gasteiger charge is -2.46. The Hall–Kier alpha value is -2.41. The van der Waals surface area contributed by atoms with E-state index in [-0.39, 0.29) is 30.1 Å². The fraction of sp³-hybridized carbons (Fsp3) is 0.286. The third kappa shape index (κ3) is 2.06. The number of halogens is 1. The number of aromatic nitrogens is 2. The number of amides is 1. The number of aryl methyl sites for hydroxylation is 1. The van der Waals surface area contributed by atoms with E-state index in [1.807, 2.05) is 0 Å². The highest BCUT2D eigenvalue weighted by atomic mass is 19.1. The number of nitrogens with one attached hydrogen (secondary N) is 1. The second-order valence-corrected chi connectivity index (χ2v) is 5.21. The van der Waals surface area contributed by atoms with Gasteiger partial charge in [-0.2, -0.15) is 5.10 Å². The predicted molar refractivity (Wildman–Crippen MR) is 71.2 cm³/mol. The molecule has 1 fully saturated rings. The fourth-order valence-electron chi connectivity index (χ4n) is 2.47. The Morgan fingerprint density at radius 2 is 2.10 bits per heavy atom. The second kappa shape index (κ2) is 4.56. The molecule has 2 heterocycles. The topological polar surface area (TPSA) is 89.5 Å². The highest BCUT2D eigenvalue weighted by Crippen LogP contribution is 2.35. The van der Waals surface area contributed by atoms with Gasteiger partial charge >= 0.3 is 0 Å². The Balaban J connectivity index is 1.78. The van der Waals surface area contributed by atoms with Crippen LogP contribution < -0.4 is 0 Å². The number of H-pyrrole nitrogens is 1. The van der Waals surface area contributed by atoms with E-state index in [1.165, 1.54) is 23.1 Å². The molecule has 2 aromatic rings. The van der Waals surface area contributed by atoms with Crippen LogP contribution in [0.25, 0.3) is 0 Å². The van der Waals surface area contributed by atoms with Crippen LogP contribution in [0.5, 0.6) is 5.75 Å².